The average Bonchev–Trinajstić information content (AvgIpc) is 2.38. The highest BCUT2D eigenvalue weighted by molar-refractivity contribution is 5.61. The Morgan fingerprint density at radius 3 is 3.11 bits per heavy atom. The fourth-order valence-electron chi connectivity index (χ4n) is 1.78. The first-order valence-electron chi connectivity index (χ1n) is 5.67. The van der Waals surface area contributed by atoms with Crippen molar-refractivity contribution in [1.82, 2.24) is 5.32 Å². The Bertz CT molecular complexity index is 436. The van der Waals surface area contributed by atoms with E-state index in [0.29, 0.717) is 25.4 Å². The van der Waals surface area contributed by atoms with Crippen LogP contribution in [-0.2, 0) is 4.74 Å². The van der Waals surface area contributed by atoms with E-state index < -0.39 is 10.7 Å². The molecule has 0 amide bonds. The van der Waals surface area contributed by atoms with Gasteiger partial charge in [-0.05, 0) is 12.1 Å². The zero-order chi connectivity index (χ0) is 13.0. The van der Waals surface area contributed by atoms with Crippen LogP contribution in [0.2, 0.25) is 0 Å². The van der Waals surface area contributed by atoms with Crippen LogP contribution < -0.4 is 10.6 Å². The molecule has 98 valence electrons. The summed E-state index contributed by atoms with van der Waals surface area (Å²) in [5, 5.41) is 16.9. The summed E-state index contributed by atoms with van der Waals surface area (Å²) < 4.78 is 18.4. The molecule has 1 aromatic carbocycles. The average molecular weight is 255 g/mol. The highest BCUT2D eigenvalue weighted by Crippen LogP contribution is 2.24. The minimum absolute atomic E-state index is 0.0385. The highest BCUT2D eigenvalue weighted by atomic mass is 19.1. The molecule has 1 heterocycles. The van der Waals surface area contributed by atoms with Crippen molar-refractivity contribution in [3.63, 3.8) is 0 Å². The van der Waals surface area contributed by atoms with E-state index >= 15 is 0 Å². The standard InChI is InChI=1S/C11H14FN3O3/c12-8-1-2-10(11(5-8)15(16)17)14-7-9-6-13-3-4-18-9/h1-2,5,9,13-14H,3-4,6-7H2. The van der Waals surface area contributed by atoms with E-state index in [0.717, 1.165) is 12.6 Å². The fourth-order valence-corrected chi connectivity index (χ4v) is 1.78. The molecule has 2 rings (SSSR count). The molecule has 1 fully saturated rings. The minimum Gasteiger partial charge on any atom is -0.377 e. The summed E-state index contributed by atoms with van der Waals surface area (Å²) in [5.74, 6) is -0.622. The van der Waals surface area contributed by atoms with Crippen molar-refractivity contribution in [1.29, 1.82) is 0 Å². The molecule has 1 aliphatic heterocycles. The van der Waals surface area contributed by atoms with E-state index in [9.17, 15) is 14.5 Å². The van der Waals surface area contributed by atoms with Crippen LogP contribution in [0, 0.1) is 15.9 Å². The molecule has 7 heteroatoms. The molecule has 6 nitrogen and oxygen atoms in total. The van der Waals surface area contributed by atoms with Crippen LogP contribution in [0.5, 0.6) is 0 Å². The normalized spacial score (nSPS) is 19.5. The van der Waals surface area contributed by atoms with Gasteiger partial charge >= 0.3 is 0 Å². The van der Waals surface area contributed by atoms with Crippen molar-refractivity contribution in [3.8, 4) is 0 Å². The number of benzene rings is 1. The molecule has 0 spiro atoms. The number of rotatable bonds is 4. The first-order valence-corrected chi connectivity index (χ1v) is 5.67. The van der Waals surface area contributed by atoms with Crippen LogP contribution in [-0.4, -0.2) is 37.3 Å². The van der Waals surface area contributed by atoms with E-state index in [4.69, 9.17) is 4.74 Å². The molecule has 1 aromatic rings. The third kappa shape index (κ3) is 3.14. The number of hydrogen-bond acceptors (Lipinski definition) is 5. The maximum absolute atomic E-state index is 12.9. The van der Waals surface area contributed by atoms with Crippen LogP contribution >= 0.6 is 0 Å². The maximum atomic E-state index is 12.9. The predicted molar refractivity (Wildman–Crippen MR) is 64.2 cm³/mol. The third-order valence-corrected chi connectivity index (χ3v) is 2.68. The van der Waals surface area contributed by atoms with Gasteiger partial charge in [0, 0.05) is 19.6 Å². The van der Waals surface area contributed by atoms with Crippen LogP contribution in [0.3, 0.4) is 0 Å². The van der Waals surface area contributed by atoms with Gasteiger partial charge in [-0.2, -0.15) is 0 Å². The summed E-state index contributed by atoms with van der Waals surface area (Å²) in [7, 11) is 0. The number of nitro benzene ring substituents is 1. The van der Waals surface area contributed by atoms with Gasteiger partial charge in [-0.1, -0.05) is 0 Å². The van der Waals surface area contributed by atoms with Gasteiger partial charge in [-0.3, -0.25) is 10.1 Å². The molecule has 0 saturated carbocycles. The summed E-state index contributed by atoms with van der Waals surface area (Å²) in [5.41, 5.74) is 0.0364. The van der Waals surface area contributed by atoms with Crippen LogP contribution in [0.15, 0.2) is 18.2 Å². The van der Waals surface area contributed by atoms with E-state index in [1.807, 2.05) is 0 Å². The van der Waals surface area contributed by atoms with Crippen molar-refractivity contribution in [3.05, 3.63) is 34.1 Å². The maximum Gasteiger partial charge on any atom is 0.295 e. The molecule has 0 aromatic heterocycles. The number of anilines is 1. The van der Waals surface area contributed by atoms with Crippen molar-refractivity contribution in [2.75, 3.05) is 31.6 Å². The summed E-state index contributed by atoms with van der Waals surface area (Å²) in [6.45, 7) is 2.58. The summed E-state index contributed by atoms with van der Waals surface area (Å²) >= 11 is 0. The van der Waals surface area contributed by atoms with Gasteiger partial charge in [-0.15, -0.1) is 0 Å². The van der Waals surface area contributed by atoms with Crippen LogP contribution in [0.4, 0.5) is 15.8 Å². The number of nitrogens with zero attached hydrogens (tertiary/aromatic N) is 1. The van der Waals surface area contributed by atoms with Crippen molar-refractivity contribution >= 4 is 11.4 Å². The quantitative estimate of drug-likeness (QED) is 0.623. The molecule has 2 N–H and O–H groups in total. The van der Waals surface area contributed by atoms with Gasteiger partial charge in [-0.25, -0.2) is 4.39 Å². The van der Waals surface area contributed by atoms with Crippen LogP contribution in [0.25, 0.3) is 0 Å². The SMILES string of the molecule is O=[N+]([O-])c1cc(F)ccc1NCC1CNCCO1. The number of ether oxygens (including phenoxy) is 1. The van der Waals surface area contributed by atoms with Crippen molar-refractivity contribution < 1.29 is 14.1 Å². The molecular weight excluding hydrogens is 241 g/mol. The molecule has 0 radical (unpaired) electrons. The lowest BCUT2D eigenvalue weighted by Gasteiger charge is -2.24. The van der Waals surface area contributed by atoms with E-state index in [1.54, 1.807) is 0 Å². The molecule has 1 unspecified atom stereocenters. The lowest BCUT2D eigenvalue weighted by molar-refractivity contribution is -0.384. The summed E-state index contributed by atoms with van der Waals surface area (Å²) in [6.07, 6.45) is -0.0385. The summed E-state index contributed by atoms with van der Waals surface area (Å²) in [4.78, 5) is 10.2. The first kappa shape index (κ1) is 12.7. The number of morpholine rings is 1. The Balaban J connectivity index is 2.01. The lowest BCUT2D eigenvalue weighted by Crippen LogP contribution is -2.42. The second kappa shape index (κ2) is 5.74. The molecular formula is C11H14FN3O3. The highest BCUT2D eigenvalue weighted by Gasteiger charge is 2.17. The Kier molecular flexibility index (Phi) is 4.06. The second-order valence-corrected chi connectivity index (χ2v) is 4.00. The van der Waals surface area contributed by atoms with Gasteiger partial charge < -0.3 is 15.4 Å². The van der Waals surface area contributed by atoms with E-state index in [-0.39, 0.29) is 11.8 Å². The van der Waals surface area contributed by atoms with Gasteiger partial charge in [0.25, 0.3) is 5.69 Å². The Hall–Kier alpha value is -1.73. The Morgan fingerprint density at radius 2 is 2.44 bits per heavy atom. The summed E-state index contributed by atoms with van der Waals surface area (Å²) in [6, 6.07) is 3.46. The molecule has 18 heavy (non-hydrogen) atoms. The van der Waals surface area contributed by atoms with E-state index in [2.05, 4.69) is 10.6 Å². The van der Waals surface area contributed by atoms with Gasteiger partial charge in [0.2, 0.25) is 0 Å². The topological polar surface area (TPSA) is 76.4 Å². The van der Waals surface area contributed by atoms with E-state index in [1.165, 1.54) is 12.1 Å². The minimum atomic E-state index is -0.622. The zero-order valence-corrected chi connectivity index (χ0v) is 9.69. The molecule has 0 aliphatic carbocycles. The Labute approximate surface area is 103 Å². The van der Waals surface area contributed by atoms with Gasteiger partial charge in [0.15, 0.2) is 0 Å². The third-order valence-electron chi connectivity index (χ3n) is 2.68. The Morgan fingerprint density at radius 1 is 1.61 bits per heavy atom. The molecule has 1 aliphatic rings. The number of hydrogen-bond donors (Lipinski definition) is 2. The number of nitrogens with one attached hydrogen (secondary N) is 2. The second-order valence-electron chi connectivity index (χ2n) is 4.00. The van der Waals surface area contributed by atoms with Gasteiger partial charge in [0.05, 0.1) is 23.7 Å². The predicted octanol–water partition coefficient (Wildman–Crippen LogP) is 1.13. The number of halogens is 1. The van der Waals surface area contributed by atoms with Crippen molar-refractivity contribution in [2.45, 2.75) is 6.10 Å². The fraction of sp³-hybridized carbons (Fsp3) is 0.455. The smallest absolute Gasteiger partial charge is 0.295 e. The first-order chi connectivity index (χ1) is 8.66. The largest absolute Gasteiger partial charge is 0.377 e. The van der Waals surface area contributed by atoms with Crippen LogP contribution in [0.1, 0.15) is 0 Å². The molecule has 1 atom stereocenters. The van der Waals surface area contributed by atoms with Crippen molar-refractivity contribution in [2.24, 2.45) is 0 Å². The molecule has 0 bridgehead atoms. The zero-order valence-electron chi connectivity index (χ0n) is 9.69. The number of nitro groups is 1. The monoisotopic (exact) mass is 255 g/mol. The van der Waals surface area contributed by atoms with Gasteiger partial charge in [0.1, 0.15) is 11.5 Å². The lowest BCUT2D eigenvalue weighted by atomic mass is 10.2. The molecule has 1 saturated heterocycles.